The van der Waals surface area contributed by atoms with Crippen molar-refractivity contribution < 1.29 is 35.9 Å². The predicted octanol–water partition coefficient (Wildman–Crippen LogP) is 4.94. The Bertz CT molecular complexity index is 815. The number of hydrogen-bond donors (Lipinski definition) is 0. The average Bonchev–Trinajstić information content (AvgIpc) is 2.66. The summed E-state index contributed by atoms with van der Waals surface area (Å²) in [5, 5.41) is 0. The minimum Gasteiger partial charge on any atom is -0.370 e. The van der Waals surface area contributed by atoms with Gasteiger partial charge in [0, 0.05) is 12.1 Å². The van der Waals surface area contributed by atoms with Crippen molar-refractivity contribution in [1.82, 2.24) is 4.90 Å². The highest BCUT2D eigenvalue weighted by atomic mass is 19.4. The van der Waals surface area contributed by atoms with Crippen LogP contribution in [0, 0.1) is 0 Å². The lowest BCUT2D eigenvalue weighted by atomic mass is 10.0. The fourth-order valence-corrected chi connectivity index (χ4v) is 2.96. The van der Waals surface area contributed by atoms with E-state index in [1.165, 1.54) is 4.90 Å². The molecule has 1 aliphatic rings. The molecule has 2 aromatic rings. The third-order valence-electron chi connectivity index (χ3n) is 4.36. The van der Waals surface area contributed by atoms with Crippen LogP contribution in [-0.2, 0) is 17.1 Å². The minimum atomic E-state index is -5.01. The van der Waals surface area contributed by atoms with Crippen LogP contribution in [-0.4, -0.2) is 30.5 Å². The zero-order valence-corrected chi connectivity index (χ0v) is 14.3. The van der Waals surface area contributed by atoms with Crippen molar-refractivity contribution in [2.45, 2.75) is 18.5 Å². The topological polar surface area (TPSA) is 29.5 Å². The van der Waals surface area contributed by atoms with E-state index in [1.807, 2.05) is 0 Å². The quantitative estimate of drug-likeness (QED) is 0.665. The average molecular weight is 403 g/mol. The number of nitrogens with zero attached hydrogens (tertiary/aromatic N) is 1. The molecular weight excluding hydrogens is 388 g/mol. The molecule has 150 valence electrons. The highest BCUT2D eigenvalue weighted by Gasteiger charge is 2.38. The third kappa shape index (κ3) is 4.46. The summed E-state index contributed by atoms with van der Waals surface area (Å²) >= 11 is 0. The maximum Gasteiger partial charge on any atom is 0.416 e. The molecule has 1 heterocycles. The number of hydrogen-bond acceptors (Lipinski definition) is 2. The molecule has 1 saturated heterocycles. The molecule has 0 N–H and O–H groups in total. The van der Waals surface area contributed by atoms with Gasteiger partial charge in [0.05, 0.1) is 24.3 Å². The molecule has 1 unspecified atom stereocenters. The summed E-state index contributed by atoms with van der Waals surface area (Å²) in [6.45, 7) is 0.219. The molecule has 28 heavy (non-hydrogen) atoms. The Morgan fingerprint density at radius 2 is 1.50 bits per heavy atom. The lowest BCUT2D eigenvalue weighted by Crippen LogP contribution is -2.42. The first-order valence-corrected chi connectivity index (χ1v) is 8.31. The molecule has 1 fully saturated rings. The van der Waals surface area contributed by atoms with Gasteiger partial charge >= 0.3 is 12.4 Å². The van der Waals surface area contributed by atoms with Crippen LogP contribution in [0.2, 0.25) is 0 Å². The molecule has 1 aliphatic heterocycles. The lowest BCUT2D eigenvalue weighted by Gasteiger charge is -2.33. The van der Waals surface area contributed by atoms with E-state index < -0.39 is 41.1 Å². The molecule has 0 radical (unpaired) electrons. The minimum absolute atomic E-state index is 0.00285. The van der Waals surface area contributed by atoms with E-state index in [-0.39, 0.29) is 25.8 Å². The van der Waals surface area contributed by atoms with E-state index in [4.69, 9.17) is 4.74 Å². The molecule has 0 bridgehead atoms. The summed E-state index contributed by atoms with van der Waals surface area (Å²) in [6, 6.07) is 9.76. The van der Waals surface area contributed by atoms with E-state index >= 15 is 0 Å². The number of carbonyl (C=O) groups excluding carboxylic acids is 1. The molecule has 1 atom stereocenters. The van der Waals surface area contributed by atoms with Gasteiger partial charge in [0.25, 0.3) is 5.91 Å². The number of morpholine rings is 1. The molecule has 3 rings (SSSR count). The summed E-state index contributed by atoms with van der Waals surface area (Å²) in [5.41, 5.74) is -2.92. The van der Waals surface area contributed by atoms with Crippen LogP contribution in [0.4, 0.5) is 26.3 Å². The Balaban J connectivity index is 1.91. The van der Waals surface area contributed by atoms with Crippen LogP contribution in [0.5, 0.6) is 0 Å². The first-order chi connectivity index (χ1) is 13.1. The smallest absolute Gasteiger partial charge is 0.370 e. The number of rotatable bonds is 2. The molecule has 0 spiro atoms. The Kier molecular flexibility index (Phi) is 5.38. The van der Waals surface area contributed by atoms with Crippen molar-refractivity contribution in [3.05, 3.63) is 70.8 Å². The molecule has 9 heteroatoms. The summed E-state index contributed by atoms with van der Waals surface area (Å²) in [4.78, 5) is 13.9. The van der Waals surface area contributed by atoms with Crippen molar-refractivity contribution >= 4 is 5.91 Å². The van der Waals surface area contributed by atoms with E-state index in [9.17, 15) is 31.1 Å². The summed E-state index contributed by atoms with van der Waals surface area (Å²) in [6.07, 6.45) is -10.5. The fraction of sp³-hybridized carbons (Fsp3) is 0.316. The van der Waals surface area contributed by atoms with Gasteiger partial charge < -0.3 is 9.64 Å². The van der Waals surface area contributed by atoms with E-state index in [1.54, 1.807) is 30.3 Å². The monoisotopic (exact) mass is 403 g/mol. The Morgan fingerprint density at radius 1 is 0.929 bits per heavy atom. The number of halogens is 6. The number of benzene rings is 2. The zero-order valence-electron chi connectivity index (χ0n) is 14.3. The van der Waals surface area contributed by atoms with Crippen molar-refractivity contribution in [3.8, 4) is 0 Å². The first-order valence-electron chi connectivity index (χ1n) is 8.31. The molecule has 0 aliphatic carbocycles. The van der Waals surface area contributed by atoms with E-state index in [0.29, 0.717) is 12.1 Å². The standard InChI is InChI=1S/C19H15F6NO2/c20-18(21,22)14-8-13(9-15(10-14)19(23,24)25)17(27)26-6-7-28-16(11-26)12-4-2-1-3-5-12/h1-5,8-10,16H,6-7,11H2. The normalized spacial score (nSPS) is 18.2. The van der Waals surface area contributed by atoms with Gasteiger partial charge in [-0.25, -0.2) is 0 Å². The summed E-state index contributed by atoms with van der Waals surface area (Å²) < 4.78 is 83.7. The van der Waals surface area contributed by atoms with Crippen molar-refractivity contribution in [1.29, 1.82) is 0 Å². The summed E-state index contributed by atoms with van der Waals surface area (Å²) in [7, 11) is 0. The van der Waals surface area contributed by atoms with Gasteiger partial charge in [-0.1, -0.05) is 30.3 Å². The zero-order chi connectivity index (χ0) is 20.5. The Labute approximate surface area is 156 Å². The second-order valence-electron chi connectivity index (χ2n) is 6.32. The van der Waals surface area contributed by atoms with Crippen LogP contribution in [0.1, 0.15) is 33.2 Å². The molecular formula is C19H15F6NO2. The Morgan fingerprint density at radius 3 is 2.04 bits per heavy atom. The van der Waals surface area contributed by atoms with Crippen LogP contribution in [0.3, 0.4) is 0 Å². The summed E-state index contributed by atoms with van der Waals surface area (Å²) in [5.74, 6) is -0.902. The van der Waals surface area contributed by atoms with Gasteiger partial charge in [0.2, 0.25) is 0 Å². The fourth-order valence-electron chi connectivity index (χ4n) is 2.96. The van der Waals surface area contributed by atoms with Gasteiger partial charge in [-0.2, -0.15) is 26.3 Å². The number of carbonyl (C=O) groups is 1. The molecule has 3 nitrogen and oxygen atoms in total. The van der Waals surface area contributed by atoms with Crippen LogP contribution in [0.25, 0.3) is 0 Å². The first kappa shape index (κ1) is 20.2. The van der Waals surface area contributed by atoms with Crippen LogP contribution in [0.15, 0.2) is 48.5 Å². The van der Waals surface area contributed by atoms with Gasteiger partial charge in [-0.15, -0.1) is 0 Å². The van der Waals surface area contributed by atoms with E-state index in [0.717, 1.165) is 5.56 Å². The highest BCUT2D eigenvalue weighted by molar-refractivity contribution is 5.94. The maximum atomic E-state index is 13.0. The second-order valence-corrected chi connectivity index (χ2v) is 6.32. The maximum absolute atomic E-state index is 13.0. The number of ether oxygens (including phenoxy) is 1. The van der Waals surface area contributed by atoms with Gasteiger partial charge in [0.15, 0.2) is 0 Å². The van der Waals surface area contributed by atoms with Gasteiger partial charge in [-0.3, -0.25) is 4.79 Å². The SMILES string of the molecule is O=C(c1cc(C(F)(F)F)cc(C(F)(F)F)c1)N1CCOC(c2ccccc2)C1. The van der Waals surface area contributed by atoms with Crippen molar-refractivity contribution in [3.63, 3.8) is 0 Å². The third-order valence-corrected chi connectivity index (χ3v) is 4.36. The second kappa shape index (κ2) is 7.46. The lowest BCUT2D eigenvalue weighted by molar-refractivity contribution is -0.143. The van der Waals surface area contributed by atoms with Crippen LogP contribution < -0.4 is 0 Å². The molecule has 2 aromatic carbocycles. The number of alkyl halides is 6. The highest BCUT2D eigenvalue weighted by Crippen LogP contribution is 2.36. The van der Waals surface area contributed by atoms with Crippen molar-refractivity contribution in [2.24, 2.45) is 0 Å². The molecule has 1 amide bonds. The number of amides is 1. The van der Waals surface area contributed by atoms with Crippen molar-refractivity contribution in [2.75, 3.05) is 19.7 Å². The molecule has 0 aromatic heterocycles. The largest absolute Gasteiger partial charge is 0.416 e. The van der Waals surface area contributed by atoms with E-state index in [2.05, 4.69) is 0 Å². The Hall–Kier alpha value is -2.55. The van der Waals surface area contributed by atoms with Gasteiger partial charge in [-0.05, 0) is 23.8 Å². The predicted molar refractivity (Wildman–Crippen MR) is 87.5 cm³/mol. The van der Waals surface area contributed by atoms with Crippen LogP contribution >= 0.6 is 0 Å². The molecule has 0 saturated carbocycles. The van der Waals surface area contributed by atoms with Gasteiger partial charge in [0.1, 0.15) is 6.10 Å².